The number of hydrogen-bond acceptors (Lipinski definition) is 2. The molecule has 4 aromatic carbocycles. The van der Waals surface area contributed by atoms with E-state index in [1.807, 2.05) is 90.3 Å². The Hall–Kier alpha value is -2.14. The van der Waals surface area contributed by atoms with Gasteiger partial charge in [-0.1, -0.05) is 196 Å². The summed E-state index contributed by atoms with van der Waals surface area (Å²) in [5, 5.41) is 3.81. The van der Waals surface area contributed by atoms with Gasteiger partial charge in [0.05, 0.1) is 0 Å². The SMILES string of the molecule is CC.CC.CC.CC.CCBr.CCCl.CCCl.CCN(C)C.CNC.c1ccc2c(c1)Cc1ccccc1C2.c1ccc2c(c1)Cc1ccccc1C2. The molecule has 2 nitrogen and oxygen atoms in total. The van der Waals surface area contributed by atoms with Gasteiger partial charge >= 0.3 is 0 Å². The predicted molar refractivity (Wildman–Crippen MR) is 254 cm³/mol. The molecule has 4 aromatic rings. The lowest BCUT2D eigenvalue weighted by atomic mass is 9.86. The standard InChI is InChI=1S/2C14H12.C4H11N.C2H5Br.2C2H5Cl.C2H7N.4C2H6/c2*1-2-6-12-10-14-8-4-3-7-13(14)9-11(12)5-1;1-4-5(2)3;3*1-2-3;1-3-2;4*1-2/h2*1-8H,9-10H2;4H2,1-3H3;3*2H2,1H3;3H,1-2H3;4*1-2H3. The van der Waals surface area contributed by atoms with Crippen molar-refractivity contribution < 1.29 is 0 Å². The van der Waals surface area contributed by atoms with Crippen LogP contribution in [0, 0.1) is 0 Å². The first-order valence-corrected chi connectivity index (χ1v) is 22.2. The number of halogens is 3. The molecule has 0 fully saturated rings. The van der Waals surface area contributed by atoms with Crippen LogP contribution in [0.4, 0.5) is 0 Å². The predicted octanol–water partition coefficient (Wildman–Crippen LogP) is 14.8. The average Bonchev–Trinajstić information content (AvgIpc) is 3.21. The highest BCUT2D eigenvalue weighted by Crippen LogP contribution is 2.27. The molecule has 0 radical (unpaired) electrons. The van der Waals surface area contributed by atoms with E-state index in [0.717, 1.165) is 49.3 Å². The second-order valence-electron chi connectivity index (χ2n) is 10.5. The Morgan fingerprint density at radius 1 is 0.453 bits per heavy atom. The van der Waals surface area contributed by atoms with Crippen molar-refractivity contribution in [1.82, 2.24) is 10.2 Å². The third kappa shape index (κ3) is 31.9. The minimum absolute atomic E-state index is 0.722. The zero-order chi connectivity index (χ0) is 41.9. The maximum atomic E-state index is 5.00. The van der Waals surface area contributed by atoms with E-state index in [1.54, 1.807) is 0 Å². The summed E-state index contributed by atoms with van der Waals surface area (Å²) >= 11 is 13.1. The van der Waals surface area contributed by atoms with Crippen LogP contribution in [0.15, 0.2) is 97.1 Å². The van der Waals surface area contributed by atoms with Gasteiger partial charge in [0, 0.05) is 17.1 Å². The summed E-state index contributed by atoms with van der Waals surface area (Å²) in [7, 11) is 7.86. The lowest BCUT2D eigenvalue weighted by Gasteiger charge is -2.18. The van der Waals surface area contributed by atoms with Crippen LogP contribution in [-0.4, -0.2) is 56.7 Å². The van der Waals surface area contributed by atoms with Gasteiger partial charge in [-0.2, -0.15) is 0 Å². The highest BCUT2D eigenvalue weighted by Gasteiger charge is 2.14. The monoisotopic (exact) mass is 834 g/mol. The Bertz CT molecular complexity index is 1000. The second-order valence-corrected chi connectivity index (χ2v) is 12.7. The fourth-order valence-corrected chi connectivity index (χ4v) is 4.43. The van der Waals surface area contributed by atoms with E-state index in [2.05, 4.69) is 144 Å². The Labute approximate surface area is 349 Å². The number of fused-ring (bicyclic) bond motifs is 4. The lowest BCUT2D eigenvalue weighted by molar-refractivity contribution is 0.434. The molecule has 1 N–H and O–H groups in total. The van der Waals surface area contributed by atoms with Gasteiger partial charge in [0.15, 0.2) is 0 Å². The van der Waals surface area contributed by atoms with Crippen LogP contribution < -0.4 is 5.32 Å². The van der Waals surface area contributed by atoms with Crippen molar-refractivity contribution in [3.8, 4) is 0 Å². The molecular formula is C48H81BrCl2N2. The van der Waals surface area contributed by atoms with Crippen molar-refractivity contribution in [3.63, 3.8) is 0 Å². The van der Waals surface area contributed by atoms with Gasteiger partial charge in [0.1, 0.15) is 0 Å². The van der Waals surface area contributed by atoms with Gasteiger partial charge in [-0.25, -0.2) is 0 Å². The van der Waals surface area contributed by atoms with Crippen LogP contribution in [0.25, 0.3) is 0 Å². The summed E-state index contributed by atoms with van der Waals surface area (Å²) in [5.74, 6) is 1.44. The molecule has 6 rings (SSSR count). The summed E-state index contributed by atoms with van der Waals surface area (Å²) in [4.78, 5) is 2.12. The highest BCUT2D eigenvalue weighted by molar-refractivity contribution is 9.09. The molecular weight excluding hydrogens is 755 g/mol. The largest absolute Gasteiger partial charge is 0.323 e. The first-order valence-electron chi connectivity index (χ1n) is 20.0. The Morgan fingerprint density at radius 3 is 0.623 bits per heavy atom. The van der Waals surface area contributed by atoms with E-state index in [0.29, 0.717) is 0 Å². The van der Waals surface area contributed by atoms with E-state index >= 15 is 0 Å². The van der Waals surface area contributed by atoms with Crippen LogP contribution in [0.2, 0.25) is 0 Å². The van der Waals surface area contributed by atoms with E-state index in [9.17, 15) is 0 Å². The molecule has 5 heteroatoms. The van der Waals surface area contributed by atoms with Crippen molar-refractivity contribution in [3.05, 3.63) is 142 Å². The number of hydrogen-bond donors (Lipinski definition) is 1. The molecule has 0 bridgehead atoms. The highest BCUT2D eigenvalue weighted by atomic mass is 79.9. The molecule has 0 saturated carbocycles. The Morgan fingerprint density at radius 2 is 0.547 bits per heavy atom. The third-order valence-electron chi connectivity index (χ3n) is 6.63. The minimum Gasteiger partial charge on any atom is -0.323 e. The molecule has 0 saturated heterocycles. The molecule has 2 aliphatic carbocycles. The maximum absolute atomic E-state index is 5.00. The van der Waals surface area contributed by atoms with Crippen LogP contribution >= 0.6 is 39.1 Å². The van der Waals surface area contributed by atoms with Crippen molar-refractivity contribution in [2.45, 2.75) is 109 Å². The summed E-state index contributed by atoms with van der Waals surface area (Å²) in [6.07, 6.45) is 4.41. The lowest BCUT2D eigenvalue weighted by Crippen LogP contribution is -2.08. The van der Waals surface area contributed by atoms with Crippen molar-refractivity contribution in [2.24, 2.45) is 0 Å². The number of rotatable bonds is 1. The normalized spacial score (nSPS) is 9.66. The van der Waals surface area contributed by atoms with Crippen molar-refractivity contribution in [1.29, 1.82) is 0 Å². The molecule has 0 unspecified atom stereocenters. The van der Waals surface area contributed by atoms with Crippen molar-refractivity contribution >= 4 is 39.1 Å². The topological polar surface area (TPSA) is 15.3 Å². The second kappa shape index (κ2) is 47.9. The van der Waals surface area contributed by atoms with Crippen molar-refractivity contribution in [2.75, 3.05) is 51.8 Å². The first-order chi connectivity index (χ1) is 25.8. The van der Waals surface area contributed by atoms with Gasteiger partial charge in [-0.3, -0.25) is 0 Å². The van der Waals surface area contributed by atoms with E-state index in [1.165, 1.54) is 44.5 Å². The number of nitrogens with zero attached hydrogens (tertiary/aromatic N) is 1. The summed E-state index contributed by atoms with van der Waals surface area (Å²) in [6.45, 7) is 25.1. The molecule has 0 atom stereocenters. The van der Waals surface area contributed by atoms with Crippen LogP contribution in [0.1, 0.15) is 128 Å². The zero-order valence-corrected chi connectivity index (χ0v) is 40.1. The maximum Gasteiger partial charge on any atom is 0.0195 e. The van der Waals surface area contributed by atoms with Gasteiger partial charge in [0.25, 0.3) is 0 Å². The molecule has 0 amide bonds. The molecule has 0 heterocycles. The van der Waals surface area contributed by atoms with E-state index < -0.39 is 0 Å². The Balaban J connectivity index is -0.000000183. The number of benzene rings is 4. The first kappa shape index (κ1) is 60.1. The fraction of sp³-hybridized carbons (Fsp3) is 0.500. The quantitative estimate of drug-likeness (QED) is 0.166. The molecule has 53 heavy (non-hydrogen) atoms. The van der Waals surface area contributed by atoms with Gasteiger partial charge in [-0.15, -0.1) is 23.2 Å². The third-order valence-corrected chi connectivity index (χ3v) is 6.63. The minimum atomic E-state index is 0.722. The molecule has 0 aromatic heterocycles. The molecule has 2 aliphatic rings. The zero-order valence-electron chi connectivity index (χ0n) is 37.0. The van der Waals surface area contributed by atoms with Crippen LogP contribution in [0.5, 0.6) is 0 Å². The van der Waals surface area contributed by atoms with E-state index in [-0.39, 0.29) is 0 Å². The van der Waals surface area contributed by atoms with Gasteiger partial charge in [-0.05, 0) is 105 Å². The van der Waals surface area contributed by atoms with Gasteiger partial charge < -0.3 is 10.2 Å². The number of nitrogens with one attached hydrogen (secondary N) is 1. The summed E-state index contributed by atoms with van der Waals surface area (Å²) < 4.78 is 0. The molecule has 304 valence electrons. The summed E-state index contributed by atoms with van der Waals surface area (Å²) in [6, 6.07) is 35.0. The smallest absolute Gasteiger partial charge is 0.0195 e. The fourth-order valence-electron chi connectivity index (χ4n) is 4.43. The number of alkyl halides is 3. The van der Waals surface area contributed by atoms with Gasteiger partial charge in [0.2, 0.25) is 0 Å². The summed E-state index contributed by atoms with van der Waals surface area (Å²) in [5.41, 5.74) is 11.9. The van der Waals surface area contributed by atoms with Crippen LogP contribution in [-0.2, 0) is 25.7 Å². The molecule has 0 aliphatic heterocycles. The van der Waals surface area contributed by atoms with Crippen LogP contribution in [0.3, 0.4) is 0 Å². The van der Waals surface area contributed by atoms with E-state index in [4.69, 9.17) is 23.2 Å². The Kier molecular flexibility index (Phi) is 54.3. The average molecular weight is 837 g/mol. The molecule has 0 spiro atoms.